The molecule has 3 aliphatic rings. The Morgan fingerprint density at radius 3 is 1.60 bits per heavy atom. The summed E-state index contributed by atoms with van der Waals surface area (Å²) in [6.45, 7) is 44.4. The third-order valence-corrected chi connectivity index (χ3v) is 20.2. The van der Waals surface area contributed by atoms with Gasteiger partial charge in [0, 0.05) is 46.4 Å². The van der Waals surface area contributed by atoms with Gasteiger partial charge in [0.25, 0.3) is 0 Å². The predicted octanol–water partition coefficient (Wildman–Crippen LogP) is 15.9. The number of carboxylic acid groups (broad SMARTS) is 2. The second-order valence-electron chi connectivity index (χ2n) is 30.8. The normalized spacial score (nSPS) is 22.6. The molecule has 5 rings (SSSR count). The second-order valence-corrected chi connectivity index (χ2v) is 33.0. The molecule has 18 heteroatoms. The lowest BCUT2D eigenvalue weighted by molar-refractivity contribution is -0.164. The van der Waals surface area contributed by atoms with Gasteiger partial charge in [-0.3, -0.25) is 14.4 Å². The fraction of sp³-hybridized carbons (Fsp3) is 0.686. The predicted molar refractivity (Wildman–Crippen MR) is 354 cm³/mol. The van der Waals surface area contributed by atoms with Crippen molar-refractivity contribution in [2.24, 2.45) is 73.5 Å². The molecule has 490 valence electrons. The molecule has 0 bridgehead atoms. The van der Waals surface area contributed by atoms with Crippen LogP contribution in [0.5, 0.6) is 0 Å². The molecule has 2 aliphatic carbocycles. The number of aromatic amines is 1. The molecule has 0 saturated heterocycles. The van der Waals surface area contributed by atoms with Crippen molar-refractivity contribution in [3.63, 3.8) is 0 Å². The Hall–Kier alpha value is -5.36. The van der Waals surface area contributed by atoms with Crippen LogP contribution < -0.4 is 10.6 Å². The van der Waals surface area contributed by atoms with E-state index in [2.05, 4.69) is 113 Å². The molecule has 1 aliphatic heterocycles. The van der Waals surface area contributed by atoms with Gasteiger partial charge in [0.1, 0.15) is 41.6 Å². The average molecular weight is 1260 g/mol. The van der Waals surface area contributed by atoms with Crippen LogP contribution in [0.25, 0.3) is 6.08 Å². The van der Waals surface area contributed by atoms with Gasteiger partial charge >= 0.3 is 29.8 Å². The number of hydrogen-bond donors (Lipinski definition) is 5. The number of aliphatic imine (C=N–C) groups is 1. The minimum Gasteiger partial charge on any atom is -0.478 e. The van der Waals surface area contributed by atoms with Crippen LogP contribution in [0.4, 0.5) is 5.82 Å². The summed E-state index contributed by atoms with van der Waals surface area (Å²) in [7, 11) is 0. The van der Waals surface area contributed by atoms with Crippen molar-refractivity contribution in [1.82, 2.24) is 10.3 Å². The van der Waals surface area contributed by atoms with Crippen LogP contribution in [0, 0.1) is 68.5 Å². The number of nitrogens with one attached hydrogen (secondary N) is 3. The van der Waals surface area contributed by atoms with E-state index < -0.39 is 53.3 Å². The molecule has 0 spiro atoms. The molecule has 2 amide bonds. The third-order valence-electron chi connectivity index (χ3n) is 18.2. The average Bonchev–Trinajstić information content (AvgIpc) is 1.70. The second kappa shape index (κ2) is 29.7. The fourth-order valence-corrected chi connectivity index (χ4v) is 14.5. The van der Waals surface area contributed by atoms with E-state index >= 15 is 9.59 Å². The number of rotatable bonds is 23. The minimum atomic E-state index is -1.24. The molecule has 2 aromatic rings. The van der Waals surface area contributed by atoms with Crippen molar-refractivity contribution < 1.29 is 58.0 Å². The maximum absolute atomic E-state index is 15.5. The molecule has 4 atom stereocenters. The third kappa shape index (κ3) is 19.1. The van der Waals surface area contributed by atoms with Gasteiger partial charge < -0.3 is 40.0 Å². The Labute approximate surface area is 533 Å². The highest BCUT2D eigenvalue weighted by Crippen LogP contribution is 2.52. The van der Waals surface area contributed by atoms with Crippen molar-refractivity contribution in [3.8, 4) is 0 Å². The summed E-state index contributed by atoms with van der Waals surface area (Å²) in [6.07, 6.45) is 5.96. The van der Waals surface area contributed by atoms with E-state index in [1.165, 1.54) is 35.7 Å². The van der Waals surface area contributed by atoms with E-state index in [9.17, 15) is 34.2 Å². The molecule has 5 N–H and O–H groups in total. The topological polar surface area (TPSA) is 240 Å². The lowest BCUT2D eigenvalue weighted by atomic mass is 9.59. The van der Waals surface area contributed by atoms with Crippen LogP contribution in [0.2, 0.25) is 0 Å². The SMILES string of the molecule is CCC(C)(C)C(=O)OCCSCC(=O)Nc1[nH]c(C=C2N=C(NC(=O)CCCCSc3cc(C(=O)O)cc(C(=O)O)c3)C(C(=O)OC3C(C(C)(C)C)CC(C)CC3C(C)(C)C)=C2C(C)C)c(C(C)C)c1C(=O)OC1C(C(C)(C)C)CC(C)CC1C(C)(C)C. The highest BCUT2D eigenvalue weighted by molar-refractivity contribution is 8.00. The van der Waals surface area contributed by atoms with E-state index in [1.54, 1.807) is 6.08 Å². The molecule has 2 saturated carbocycles. The van der Waals surface area contributed by atoms with Crippen molar-refractivity contribution >= 4 is 82.9 Å². The molecular weight excluding hydrogens is 1150 g/mol. The van der Waals surface area contributed by atoms with Gasteiger partial charge in [-0.2, -0.15) is 0 Å². The standard InChI is InChI=1S/C70H106N4O12S2/c1-22-70(20,21)65(83)84-26-28-87-37-52(76)74-60-56(64(82)86-58-47(68(14,15)16)31-41(7)32-48(58)69(17,18)19)54(39(4)5)50(72-60)36-49-53(38(2)3)55(63(81)85-57-45(66(8,9)10)29-40(6)30-46(57)67(11,12)13)59(71-49)73-51(75)25-23-24-27-88-44-34-42(61(77)78)33-43(35-44)62(79)80/h33-36,38-41,45-48,57-58,72H,22-32,37H2,1-21H3,(H,74,76)(H,77,78)(H,79,80)(H,71,73,75). The van der Waals surface area contributed by atoms with Gasteiger partial charge in [0.15, 0.2) is 0 Å². The number of ether oxygens (including phenoxy) is 3. The quantitative estimate of drug-likeness (QED) is 0.0301. The van der Waals surface area contributed by atoms with Crippen LogP contribution in [-0.4, -0.2) is 98.8 Å². The first-order valence-electron chi connectivity index (χ1n) is 31.9. The summed E-state index contributed by atoms with van der Waals surface area (Å²) < 4.78 is 19.4. The number of amidine groups is 1. The first-order chi connectivity index (χ1) is 40.6. The number of allylic oxidation sites excluding steroid dienone is 1. The molecular formula is C70H106N4O12S2. The number of amides is 2. The van der Waals surface area contributed by atoms with Crippen molar-refractivity contribution in [3.05, 3.63) is 63.0 Å². The van der Waals surface area contributed by atoms with E-state index in [-0.39, 0.29) is 116 Å². The number of thioether (sulfide) groups is 2. The van der Waals surface area contributed by atoms with E-state index in [0.29, 0.717) is 70.0 Å². The first-order valence-corrected chi connectivity index (χ1v) is 34.0. The zero-order valence-electron chi connectivity index (χ0n) is 56.8. The first kappa shape index (κ1) is 73.4. The fourth-order valence-electron chi connectivity index (χ4n) is 12.9. The summed E-state index contributed by atoms with van der Waals surface area (Å²) in [6, 6.07) is 3.98. The summed E-state index contributed by atoms with van der Waals surface area (Å²) in [5.41, 5.74) is 0.477. The Kier molecular flexibility index (Phi) is 24.8. The zero-order chi connectivity index (χ0) is 66.3. The smallest absolute Gasteiger partial charge is 0.342 e. The van der Waals surface area contributed by atoms with Crippen LogP contribution in [0.3, 0.4) is 0 Å². The monoisotopic (exact) mass is 1260 g/mol. The number of nitrogens with zero attached hydrogens (tertiary/aromatic N) is 1. The number of H-pyrrole nitrogens is 1. The number of carboxylic acids is 2. The van der Waals surface area contributed by atoms with Gasteiger partial charge in [0.05, 0.1) is 28.0 Å². The number of unbranched alkanes of at least 4 members (excludes halogenated alkanes) is 1. The summed E-state index contributed by atoms with van der Waals surface area (Å²) >= 11 is 2.59. The van der Waals surface area contributed by atoms with Gasteiger partial charge in [-0.15, -0.1) is 23.5 Å². The Balaban J connectivity index is 1.64. The van der Waals surface area contributed by atoms with E-state index in [1.807, 2.05) is 48.5 Å². The van der Waals surface area contributed by atoms with Crippen molar-refractivity contribution in [2.75, 3.05) is 29.2 Å². The number of carbonyl (C=O) groups excluding carboxylic acids is 5. The van der Waals surface area contributed by atoms with Crippen LogP contribution >= 0.6 is 23.5 Å². The number of hydrogen-bond acceptors (Lipinski definition) is 13. The van der Waals surface area contributed by atoms with Crippen LogP contribution in [0.15, 0.2) is 44.9 Å². The number of carbonyl (C=O) groups is 7. The molecule has 1 aromatic heterocycles. The summed E-state index contributed by atoms with van der Waals surface area (Å²) in [5, 5.41) is 25.3. The Morgan fingerprint density at radius 2 is 1.16 bits per heavy atom. The molecule has 2 heterocycles. The number of aromatic nitrogens is 1. The van der Waals surface area contributed by atoms with E-state index in [0.717, 1.165) is 31.7 Å². The maximum Gasteiger partial charge on any atom is 0.342 e. The Bertz CT molecular complexity index is 2900. The number of benzene rings is 1. The zero-order valence-corrected chi connectivity index (χ0v) is 58.4. The van der Waals surface area contributed by atoms with Gasteiger partial charge in [-0.1, -0.05) is 132 Å². The molecule has 88 heavy (non-hydrogen) atoms. The molecule has 2 fully saturated rings. The van der Waals surface area contributed by atoms with Crippen molar-refractivity contribution in [1.29, 1.82) is 0 Å². The lowest BCUT2D eigenvalue weighted by Crippen LogP contribution is -2.50. The molecule has 0 radical (unpaired) electrons. The van der Waals surface area contributed by atoms with Crippen LogP contribution in [-0.2, 0) is 33.4 Å². The summed E-state index contributed by atoms with van der Waals surface area (Å²) in [4.78, 5) is 105. The minimum absolute atomic E-state index is 0.00733. The molecule has 16 nitrogen and oxygen atoms in total. The van der Waals surface area contributed by atoms with Gasteiger partial charge in [0.2, 0.25) is 11.8 Å². The lowest BCUT2D eigenvalue weighted by Gasteiger charge is -2.50. The van der Waals surface area contributed by atoms with Crippen molar-refractivity contribution in [2.45, 2.75) is 220 Å². The van der Waals surface area contributed by atoms with Gasteiger partial charge in [-0.05, 0) is 145 Å². The largest absolute Gasteiger partial charge is 0.478 e. The number of esters is 3. The molecule has 1 aromatic carbocycles. The maximum atomic E-state index is 15.5. The number of aromatic carboxylic acids is 2. The number of anilines is 1. The van der Waals surface area contributed by atoms with E-state index in [4.69, 9.17) is 19.2 Å². The highest BCUT2D eigenvalue weighted by Gasteiger charge is 2.51. The van der Waals surface area contributed by atoms with Gasteiger partial charge in [-0.25, -0.2) is 24.2 Å². The molecule has 4 unspecified atom stereocenters. The summed E-state index contributed by atoms with van der Waals surface area (Å²) in [5.74, 6) is -3.51. The Morgan fingerprint density at radius 1 is 0.670 bits per heavy atom. The highest BCUT2D eigenvalue weighted by atomic mass is 32.2. The van der Waals surface area contributed by atoms with Crippen LogP contribution in [0.1, 0.15) is 245 Å².